The lowest BCUT2D eigenvalue weighted by atomic mass is 10.1. The average molecular weight is 346 g/mol. The van der Waals surface area contributed by atoms with Crippen LogP contribution in [-0.4, -0.2) is 21.4 Å². The molecule has 1 aromatic heterocycles. The Balaban J connectivity index is 1.71. The van der Waals surface area contributed by atoms with Crippen molar-refractivity contribution in [2.24, 2.45) is 5.10 Å². The number of aryl methyl sites for hydroxylation is 2. The van der Waals surface area contributed by atoms with Gasteiger partial charge in [-0.25, -0.2) is 5.43 Å². The zero-order valence-corrected chi connectivity index (χ0v) is 15.2. The second-order valence-electron chi connectivity index (χ2n) is 6.29. The predicted octanol–water partition coefficient (Wildman–Crippen LogP) is 3.70. The summed E-state index contributed by atoms with van der Waals surface area (Å²) in [4.78, 5) is 12.4. The van der Waals surface area contributed by atoms with Crippen molar-refractivity contribution in [2.45, 2.75) is 27.3 Å². The van der Waals surface area contributed by atoms with E-state index in [4.69, 9.17) is 0 Å². The molecule has 0 atom stereocenters. The van der Waals surface area contributed by atoms with Crippen molar-refractivity contribution in [1.29, 1.82) is 0 Å². The van der Waals surface area contributed by atoms with E-state index in [9.17, 15) is 4.79 Å². The zero-order chi connectivity index (χ0) is 18.5. The maximum atomic E-state index is 12.4. The minimum atomic E-state index is -0.226. The fourth-order valence-corrected chi connectivity index (χ4v) is 2.76. The van der Waals surface area contributed by atoms with Crippen LogP contribution in [0.4, 0.5) is 0 Å². The Morgan fingerprint density at radius 3 is 2.46 bits per heavy atom. The van der Waals surface area contributed by atoms with Crippen molar-refractivity contribution in [2.75, 3.05) is 0 Å². The maximum Gasteiger partial charge on any atom is 0.271 e. The van der Waals surface area contributed by atoms with E-state index in [1.165, 1.54) is 0 Å². The Bertz CT molecular complexity index is 942. The van der Waals surface area contributed by atoms with Gasteiger partial charge in [0.1, 0.15) is 0 Å². The summed E-state index contributed by atoms with van der Waals surface area (Å²) in [5.74, 6) is -0.226. The predicted molar refractivity (Wildman–Crippen MR) is 103 cm³/mol. The van der Waals surface area contributed by atoms with E-state index < -0.39 is 0 Å². The van der Waals surface area contributed by atoms with Crippen LogP contribution in [0.2, 0.25) is 0 Å². The number of carbonyl (C=O) groups is 1. The van der Waals surface area contributed by atoms with E-state index in [-0.39, 0.29) is 5.91 Å². The van der Waals surface area contributed by atoms with E-state index in [1.807, 2.05) is 80.1 Å². The number of benzene rings is 2. The summed E-state index contributed by atoms with van der Waals surface area (Å²) in [7, 11) is 0. The number of carbonyl (C=O) groups excluding carboxylic acids is 1. The normalized spacial score (nSPS) is 11.4. The van der Waals surface area contributed by atoms with Crippen LogP contribution in [0, 0.1) is 13.8 Å². The number of nitrogens with zero attached hydrogens (tertiary/aromatic N) is 3. The van der Waals surface area contributed by atoms with E-state index in [0.29, 0.717) is 12.1 Å². The van der Waals surface area contributed by atoms with Crippen LogP contribution in [0.1, 0.15) is 39.8 Å². The summed E-state index contributed by atoms with van der Waals surface area (Å²) < 4.78 is 1.93. The molecule has 0 aliphatic carbocycles. The minimum Gasteiger partial charge on any atom is -0.267 e. The van der Waals surface area contributed by atoms with Crippen molar-refractivity contribution in [3.05, 3.63) is 88.7 Å². The van der Waals surface area contributed by atoms with E-state index in [1.54, 1.807) is 6.07 Å². The van der Waals surface area contributed by atoms with Crippen LogP contribution < -0.4 is 5.43 Å². The van der Waals surface area contributed by atoms with E-state index in [0.717, 1.165) is 28.2 Å². The lowest BCUT2D eigenvalue weighted by molar-refractivity contribution is 0.0954. The Morgan fingerprint density at radius 2 is 1.77 bits per heavy atom. The van der Waals surface area contributed by atoms with Crippen LogP contribution in [-0.2, 0) is 6.54 Å². The third-order valence-electron chi connectivity index (χ3n) is 4.14. The molecule has 5 nitrogen and oxygen atoms in total. The average Bonchev–Trinajstić information content (AvgIpc) is 2.97. The lowest BCUT2D eigenvalue weighted by Crippen LogP contribution is -2.19. The zero-order valence-electron chi connectivity index (χ0n) is 15.2. The van der Waals surface area contributed by atoms with Gasteiger partial charge in [-0.3, -0.25) is 9.48 Å². The topological polar surface area (TPSA) is 59.3 Å². The first-order valence-corrected chi connectivity index (χ1v) is 8.53. The molecule has 0 aliphatic rings. The van der Waals surface area contributed by atoms with Crippen LogP contribution in [0.25, 0.3) is 0 Å². The molecule has 26 heavy (non-hydrogen) atoms. The third kappa shape index (κ3) is 4.25. The fraction of sp³-hybridized carbons (Fsp3) is 0.190. The molecule has 132 valence electrons. The Morgan fingerprint density at radius 1 is 1.04 bits per heavy atom. The molecular weight excluding hydrogens is 324 g/mol. The first-order valence-electron chi connectivity index (χ1n) is 8.53. The van der Waals surface area contributed by atoms with Crippen molar-refractivity contribution >= 4 is 11.6 Å². The molecule has 2 aromatic carbocycles. The monoisotopic (exact) mass is 346 g/mol. The largest absolute Gasteiger partial charge is 0.271 e. The molecule has 0 spiro atoms. The molecule has 0 saturated heterocycles. The summed E-state index contributed by atoms with van der Waals surface area (Å²) in [6.07, 6.45) is 0. The number of aromatic nitrogens is 2. The maximum absolute atomic E-state index is 12.4. The van der Waals surface area contributed by atoms with Gasteiger partial charge in [0.05, 0.1) is 18.0 Å². The second kappa shape index (κ2) is 7.78. The SMILES string of the molecule is C/C(=N/NC(=O)c1cccc(Cn2nc(C)cc2C)c1)c1ccccc1. The van der Waals surface area contributed by atoms with Gasteiger partial charge in [-0.2, -0.15) is 10.2 Å². The van der Waals surface area contributed by atoms with Gasteiger partial charge in [-0.1, -0.05) is 42.5 Å². The summed E-state index contributed by atoms with van der Waals surface area (Å²) in [5.41, 5.74) is 8.05. The highest BCUT2D eigenvalue weighted by Crippen LogP contribution is 2.10. The number of rotatable bonds is 5. The van der Waals surface area contributed by atoms with Gasteiger partial charge in [-0.05, 0) is 50.1 Å². The molecule has 1 amide bonds. The highest BCUT2D eigenvalue weighted by molar-refractivity contribution is 6.00. The highest BCUT2D eigenvalue weighted by Gasteiger charge is 2.08. The van der Waals surface area contributed by atoms with Crippen molar-refractivity contribution < 1.29 is 4.79 Å². The number of amides is 1. The molecule has 0 aliphatic heterocycles. The van der Waals surface area contributed by atoms with E-state index >= 15 is 0 Å². The number of nitrogens with one attached hydrogen (secondary N) is 1. The van der Waals surface area contributed by atoms with Gasteiger partial charge in [0.15, 0.2) is 0 Å². The van der Waals surface area contributed by atoms with Crippen molar-refractivity contribution in [3.63, 3.8) is 0 Å². The lowest BCUT2D eigenvalue weighted by Gasteiger charge is -2.07. The molecule has 5 heteroatoms. The molecule has 0 bridgehead atoms. The molecule has 0 unspecified atom stereocenters. The van der Waals surface area contributed by atoms with Gasteiger partial charge in [0.25, 0.3) is 5.91 Å². The Kier molecular flexibility index (Phi) is 5.27. The van der Waals surface area contributed by atoms with Gasteiger partial charge < -0.3 is 0 Å². The Hall–Kier alpha value is -3.21. The first kappa shape index (κ1) is 17.6. The smallest absolute Gasteiger partial charge is 0.267 e. The number of hydrazone groups is 1. The van der Waals surface area contributed by atoms with Crippen molar-refractivity contribution in [3.8, 4) is 0 Å². The molecule has 0 radical (unpaired) electrons. The van der Waals surface area contributed by atoms with Gasteiger partial charge in [0, 0.05) is 11.3 Å². The standard InChI is InChI=1S/C21H22N4O/c1-15-12-16(2)25(24-15)14-18-8-7-11-20(13-18)21(26)23-22-17(3)19-9-5-4-6-10-19/h4-13H,14H2,1-3H3,(H,23,26)/b22-17-. The summed E-state index contributed by atoms with van der Waals surface area (Å²) in [6, 6.07) is 19.3. The number of hydrogen-bond donors (Lipinski definition) is 1. The van der Waals surface area contributed by atoms with Crippen LogP contribution in [0.15, 0.2) is 65.8 Å². The van der Waals surface area contributed by atoms with Gasteiger partial charge >= 0.3 is 0 Å². The summed E-state index contributed by atoms with van der Waals surface area (Å²) in [5, 5.41) is 8.67. The molecule has 0 fully saturated rings. The third-order valence-corrected chi connectivity index (χ3v) is 4.14. The molecule has 1 N–H and O–H groups in total. The highest BCUT2D eigenvalue weighted by atomic mass is 16.2. The van der Waals surface area contributed by atoms with Crippen molar-refractivity contribution in [1.82, 2.24) is 15.2 Å². The van der Waals surface area contributed by atoms with Crippen LogP contribution in [0.5, 0.6) is 0 Å². The fourth-order valence-electron chi connectivity index (χ4n) is 2.76. The number of hydrogen-bond acceptors (Lipinski definition) is 3. The molecule has 0 saturated carbocycles. The molecule has 3 aromatic rings. The summed E-state index contributed by atoms with van der Waals surface area (Å²) >= 11 is 0. The van der Waals surface area contributed by atoms with E-state index in [2.05, 4.69) is 15.6 Å². The van der Waals surface area contributed by atoms with Gasteiger partial charge in [0.2, 0.25) is 0 Å². The van der Waals surface area contributed by atoms with Crippen LogP contribution in [0.3, 0.4) is 0 Å². The molecule has 3 rings (SSSR count). The second-order valence-corrected chi connectivity index (χ2v) is 6.29. The summed E-state index contributed by atoms with van der Waals surface area (Å²) in [6.45, 7) is 6.50. The molecular formula is C21H22N4O. The van der Waals surface area contributed by atoms with Gasteiger partial charge in [-0.15, -0.1) is 0 Å². The quantitative estimate of drug-likeness (QED) is 0.566. The minimum absolute atomic E-state index is 0.226. The van der Waals surface area contributed by atoms with Crippen LogP contribution >= 0.6 is 0 Å². The molecule has 1 heterocycles. The Labute approximate surface area is 153 Å². The first-order chi connectivity index (χ1) is 12.5.